The Labute approximate surface area is 134 Å². The van der Waals surface area contributed by atoms with Gasteiger partial charge in [0.15, 0.2) is 0 Å². The number of halogens is 2. The Balaban J connectivity index is 1.94. The van der Waals surface area contributed by atoms with Crippen molar-refractivity contribution < 1.29 is 0 Å². The Bertz CT molecular complexity index is 590. The lowest BCUT2D eigenvalue weighted by atomic mass is 10.1. The van der Waals surface area contributed by atoms with Crippen molar-refractivity contribution in [3.05, 3.63) is 44.2 Å². The van der Waals surface area contributed by atoms with Crippen LogP contribution in [0.15, 0.2) is 39.3 Å². The van der Waals surface area contributed by atoms with Gasteiger partial charge in [0.2, 0.25) is 0 Å². The molecule has 1 aromatic heterocycles. The van der Waals surface area contributed by atoms with Crippen LogP contribution >= 0.6 is 43.2 Å². The molecule has 0 spiro atoms. The van der Waals surface area contributed by atoms with Gasteiger partial charge in [-0.15, -0.1) is 11.3 Å². The second-order valence-electron chi connectivity index (χ2n) is 4.93. The molecule has 1 nitrogen and oxygen atoms in total. The van der Waals surface area contributed by atoms with E-state index >= 15 is 0 Å². The highest BCUT2D eigenvalue weighted by molar-refractivity contribution is 9.11. The minimum Gasteiger partial charge on any atom is -0.312 e. The smallest absolute Gasteiger partial charge is 0.0441 e. The first-order chi connectivity index (χ1) is 9.19. The van der Waals surface area contributed by atoms with Gasteiger partial charge in [0, 0.05) is 30.3 Å². The maximum Gasteiger partial charge on any atom is 0.0441 e. The predicted octanol–water partition coefficient (Wildman–Crippen LogP) is 5.61. The summed E-state index contributed by atoms with van der Waals surface area (Å²) in [5.41, 5.74) is 1.26. The van der Waals surface area contributed by atoms with E-state index in [2.05, 4.69) is 74.6 Å². The van der Waals surface area contributed by atoms with Crippen LogP contribution in [-0.2, 0) is 0 Å². The normalized spacial score (nSPS) is 16.6. The molecule has 1 aromatic carbocycles. The summed E-state index contributed by atoms with van der Waals surface area (Å²) in [4.78, 5) is 2.77. The first-order valence-electron chi connectivity index (χ1n) is 6.41. The molecule has 1 aliphatic rings. The van der Waals surface area contributed by atoms with Crippen molar-refractivity contribution in [2.45, 2.75) is 18.9 Å². The van der Waals surface area contributed by atoms with Gasteiger partial charge in [0.1, 0.15) is 0 Å². The van der Waals surface area contributed by atoms with Crippen molar-refractivity contribution in [1.82, 2.24) is 5.32 Å². The second-order valence-corrected chi connectivity index (χ2v) is 7.82. The molecule has 1 saturated carbocycles. The summed E-state index contributed by atoms with van der Waals surface area (Å²) >= 11 is 9.09. The third kappa shape index (κ3) is 2.97. The highest BCUT2D eigenvalue weighted by atomic mass is 79.9. The van der Waals surface area contributed by atoms with Gasteiger partial charge < -0.3 is 5.32 Å². The third-order valence-electron chi connectivity index (χ3n) is 3.53. The fourth-order valence-corrected chi connectivity index (χ4v) is 4.59. The Morgan fingerprint density at radius 1 is 1.21 bits per heavy atom. The molecule has 0 amide bonds. The first-order valence-corrected chi connectivity index (χ1v) is 8.81. The quantitative estimate of drug-likeness (QED) is 0.703. The van der Waals surface area contributed by atoms with Crippen LogP contribution in [0.25, 0.3) is 10.4 Å². The van der Waals surface area contributed by atoms with Gasteiger partial charge in [-0.1, -0.05) is 31.9 Å². The van der Waals surface area contributed by atoms with E-state index in [1.807, 2.05) is 11.3 Å². The summed E-state index contributed by atoms with van der Waals surface area (Å²) in [6.07, 6.45) is 2.72. The molecule has 19 heavy (non-hydrogen) atoms. The number of rotatable bonds is 4. The Kier molecular flexibility index (Phi) is 4.13. The average Bonchev–Trinajstić information content (AvgIpc) is 3.11. The van der Waals surface area contributed by atoms with E-state index in [-0.39, 0.29) is 0 Å². The van der Waals surface area contributed by atoms with Crippen molar-refractivity contribution in [3.63, 3.8) is 0 Å². The second kappa shape index (κ2) is 5.68. The summed E-state index contributed by atoms with van der Waals surface area (Å²) in [5, 5.41) is 3.46. The molecule has 1 unspecified atom stereocenters. The van der Waals surface area contributed by atoms with Crippen molar-refractivity contribution in [3.8, 4) is 10.4 Å². The molecule has 2 aromatic rings. The standard InChI is InChI=1S/C15H15Br2NS/c1-18-15(9-2-3-9)14-7-6-13(19-14)11-8-10(16)4-5-12(11)17/h4-9,15,18H,2-3H2,1H3. The molecular formula is C15H15Br2NS. The lowest BCUT2D eigenvalue weighted by Gasteiger charge is -2.12. The minimum absolute atomic E-state index is 0.532. The average molecular weight is 401 g/mol. The monoisotopic (exact) mass is 399 g/mol. The highest BCUT2D eigenvalue weighted by Crippen LogP contribution is 2.44. The molecule has 4 heteroatoms. The molecule has 0 saturated heterocycles. The van der Waals surface area contributed by atoms with E-state index in [0.717, 1.165) is 14.9 Å². The number of hydrogen-bond donors (Lipinski definition) is 1. The van der Waals surface area contributed by atoms with Crippen molar-refractivity contribution in [2.75, 3.05) is 7.05 Å². The molecule has 0 radical (unpaired) electrons. The van der Waals surface area contributed by atoms with Gasteiger partial charge in [-0.3, -0.25) is 0 Å². The maximum atomic E-state index is 3.64. The highest BCUT2D eigenvalue weighted by Gasteiger charge is 2.32. The molecule has 3 rings (SSSR count). The molecular weight excluding hydrogens is 386 g/mol. The van der Waals surface area contributed by atoms with Gasteiger partial charge in [-0.25, -0.2) is 0 Å². The zero-order chi connectivity index (χ0) is 13.4. The Morgan fingerprint density at radius 2 is 2.00 bits per heavy atom. The number of nitrogens with one attached hydrogen (secondary N) is 1. The lowest BCUT2D eigenvalue weighted by Crippen LogP contribution is -2.16. The molecule has 0 bridgehead atoms. The fraction of sp³-hybridized carbons (Fsp3) is 0.333. The Hall–Kier alpha value is -0.160. The van der Waals surface area contributed by atoms with E-state index in [1.165, 1.54) is 28.2 Å². The van der Waals surface area contributed by atoms with E-state index in [1.54, 1.807) is 0 Å². The SMILES string of the molecule is CNC(c1ccc(-c2cc(Br)ccc2Br)s1)C1CC1. The number of hydrogen-bond acceptors (Lipinski definition) is 2. The topological polar surface area (TPSA) is 12.0 Å². The van der Waals surface area contributed by atoms with Crippen LogP contribution in [0.1, 0.15) is 23.8 Å². The predicted molar refractivity (Wildman–Crippen MR) is 89.7 cm³/mol. The molecule has 1 heterocycles. The van der Waals surface area contributed by atoms with Crippen LogP contribution < -0.4 is 5.32 Å². The maximum absolute atomic E-state index is 3.64. The van der Waals surface area contributed by atoms with Crippen molar-refractivity contribution in [1.29, 1.82) is 0 Å². The largest absolute Gasteiger partial charge is 0.312 e. The van der Waals surface area contributed by atoms with Crippen molar-refractivity contribution in [2.24, 2.45) is 5.92 Å². The van der Waals surface area contributed by atoms with E-state index < -0.39 is 0 Å². The van der Waals surface area contributed by atoms with Crippen LogP contribution in [0, 0.1) is 5.92 Å². The minimum atomic E-state index is 0.532. The first kappa shape index (κ1) is 13.8. The molecule has 1 fully saturated rings. The summed E-state index contributed by atoms with van der Waals surface area (Å²) in [6, 6.07) is 11.4. The third-order valence-corrected chi connectivity index (χ3v) is 5.92. The van der Waals surface area contributed by atoms with Crippen LogP contribution in [0.5, 0.6) is 0 Å². The van der Waals surface area contributed by atoms with E-state index in [4.69, 9.17) is 0 Å². The van der Waals surface area contributed by atoms with Crippen LogP contribution in [0.4, 0.5) is 0 Å². The van der Waals surface area contributed by atoms with Gasteiger partial charge in [-0.05, 0) is 56.1 Å². The molecule has 1 atom stereocenters. The molecule has 1 N–H and O–H groups in total. The van der Waals surface area contributed by atoms with Gasteiger partial charge in [0.05, 0.1) is 0 Å². The molecule has 1 aliphatic carbocycles. The number of thiophene rings is 1. The van der Waals surface area contributed by atoms with Crippen LogP contribution in [0.2, 0.25) is 0 Å². The van der Waals surface area contributed by atoms with E-state index in [0.29, 0.717) is 6.04 Å². The van der Waals surface area contributed by atoms with Gasteiger partial charge in [-0.2, -0.15) is 0 Å². The summed E-state index contributed by atoms with van der Waals surface area (Å²) in [7, 11) is 2.07. The molecule has 100 valence electrons. The van der Waals surface area contributed by atoms with Gasteiger partial charge in [0.25, 0.3) is 0 Å². The van der Waals surface area contributed by atoms with Crippen LogP contribution in [0.3, 0.4) is 0 Å². The molecule has 0 aliphatic heterocycles. The number of benzene rings is 1. The summed E-state index contributed by atoms with van der Waals surface area (Å²) in [6.45, 7) is 0. The summed E-state index contributed by atoms with van der Waals surface area (Å²) in [5.74, 6) is 0.836. The van der Waals surface area contributed by atoms with Crippen molar-refractivity contribution >= 4 is 43.2 Å². The van der Waals surface area contributed by atoms with Crippen LogP contribution in [-0.4, -0.2) is 7.05 Å². The lowest BCUT2D eigenvalue weighted by molar-refractivity contribution is 0.537. The zero-order valence-corrected chi connectivity index (χ0v) is 14.6. The fourth-order valence-electron chi connectivity index (χ4n) is 2.39. The zero-order valence-electron chi connectivity index (χ0n) is 10.6. The van der Waals surface area contributed by atoms with Gasteiger partial charge >= 0.3 is 0 Å². The Morgan fingerprint density at radius 3 is 2.68 bits per heavy atom. The van der Waals surface area contributed by atoms with E-state index in [9.17, 15) is 0 Å². The summed E-state index contributed by atoms with van der Waals surface area (Å²) < 4.78 is 2.27.